The van der Waals surface area contributed by atoms with E-state index in [4.69, 9.17) is 15.0 Å². The van der Waals surface area contributed by atoms with Gasteiger partial charge in [-0.25, -0.2) is 15.0 Å². The number of fused-ring (bicyclic) bond motifs is 3. The van der Waals surface area contributed by atoms with Crippen molar-refractivity contribution in [2.45, 2.75) is 67.1 Å². The Hall–Kier alpha value is -3.93. The topological polar surface area (TPSA) is 53.5 Å². The van der Waals surface area contributed by atoms with Gasteiger partial charge in [0.15, 0.2) is 6.29 Å². The minimum absolute atomic E-state index is 0.243. The smallest absolute Gasteiger partial charge is 0.197 e. The molecular formula is C31H34N6. The Morgan fingerprint density at radius 2 is 0.811 bits per heavy atom. The van der Waals surface area contributed by atoms with Gasteiger partial charge in [-0.15, -0.1) is 0 Å². The van der Waals surface area contributed by atoms with Crippen LogP contribution in [0.25, 0.3) is 33.1 Å². The van der Waals surface area contributed by atoms with E-state index in [0.717, 1.165) is 69.8 Å². The second kappa shape index (κ2) is 8.87. The number of imidazole rings is 3. The highest BCUT2D eigenvalue weighted by atomic mass is 15.4. The standard InChI is InChI=1S/C31H34N6/c1-7-22-10-13-28-25(16-22)32-19(4)35(28)31(36-20(5)33-26-17-23(8-2)11-14-29(26)36)37-21(6)34-27-18-24(9-3)12-15-30(27)37/h10-18,31H,7-9H2,1-6H3. The van der Waals surface area contributed by atoms with Crippen LogP contribution < -0.4 is 0 Å². The van der Waals surface area contributed by atoms with Crippen LogP contribution in [0, 0.1) is 20.8 Å². The van der Waals surface area contributed by atoms with Gasteiger partial charge in [0.1, 0.15) is 17.5 Å². The molecular weight excluding hydrogens is 456 g/mol. The largest absolute Gasteiger partial charge is 0.288 e. The maximum atomic E-state index is 5.03. The third-order valence-corrected chi connectivity index (χ3v) is 7.71. The fraction of sp³-hybridized carbons (Fsp3) is 0.323. The van der Waals surface area contributed by atoms with E-state index in [1.807, 2.05) is 0 Å². The number of aromatic nitrogens is 6. The van der Waals surface area contributed by atoms with Gasteiger partial charge in [-0.3, -0.25) is 13.7 Å². The molecule has 0 aliphatic carbocycles. The van der Waals surface area contributed by atoms with Crippen molar-refractivity contribution in [3.63, 3.8) is 0 Å². The maximum absolute atomic E-state index is 5.03. The van der Waals surface area contributed by atoms with Gasteiger partial charge >= 0.3 is 0 Å². The van der Waals surface area contributed by atoms with E-state index < -0.39 is 0 Å². The van der Waals surface area contributed by atoms with E-state index in [9.17, 15) is 0 Å². The summed E-state index contributed by atoms with van der Waals surface area (Å²) in [4.78, 5) is 15.1. The van der Waals surface area contributed by atoms with Gasteiger partial charge in [-0.05, 0) is 93.1 Å². The molecule has 0 saturated heterocycles. The number of rotatable bonds is 6. The van der Waals surface area contributed by atoms with Crippen LogP contribution in [0.2, 0.25) is 0 Å². The molecule has 37 heavy (non-hydrogen) atoms. The molecule has 3 aromatic carbocycles. The van der Waals surface area contributed by atoms with Gasteiger partial charge in [-0.2, -0.15) is 0 Å². The van der Waals surface area contributed by atoms with Gasteiger partial charge < -0.3 is 0 Å². The molecule has 3 aromatic heterocycles. The van der Waals surface area contributed by atoms with E-state index in [2.05, 4.69) is 110 Å². The zero-order valence-corrected chi connectivity index (χ0v) is 22.6. The molecule has 0 atom stereocenters. The lowest BCUT2D eigenvalue weighted by molar-refractivity contribution is 0.375. The fourth-order valence-electron chi connectivity index (χ4n) is 5.68. The van der Waals surface area contributed by atoms with Crippen molar-refractivity contribution in [1.29, 1.82) is 0 Å². The zero-order valence-electron chi connectivity index (χ0n) is 22.6. The number of hydrogen-bond acceptors (Lipinski definition) is 3. The summed E-state index contributed by atoms with van der Waals surface area (Å²) in [7, 11) is 0. The van der Waals surface area contributed by atoms with Crippen molar-refractivity contribution in [2.75, 3.05) is 0 Å². The van der Waals surface area contributed by atoms with Gasteiger partial charge in [0.05, 0.1) is 33.1 Å². The molecule has 188 valence electrons. The summed E-state index contributed by atoms with van der Waals surface area (Å²) in [6, 6.07) is 20.0. The van der Waals surface area contributed by atoms with Gasteiger partial charge in [0, 0.05) is 0 Å². The van der Waals surface area contributed by atoms with E-state index in [-0.39, 0.29) is 6.29 Å². The molecule has 6 aromatic rings. The molecule has 0 aliphatic rings. The normalized spacial score (nSPS) is 12.1. The van der Waals surface area contributed by atoms with Crippen molar-refractivity contribution in [2.24, 2.45) is 0 Å². The number of benzene rings is 3. The Balaban J connectivity index is 1.71. The summed E-state index contributed by atoms with van der Waals surface area (Å²) in [5.41, 5.74) is 10.3. The van der Waals surface area contributed by atoms with Crippen LogP contribution in [0.4, 0.5) is 0 Å². The fourth-order valence-corrected chi connectivity index (χ4v) is 5.68. The number of nitrogens with zero attached hydrogens (tertiary/aromatic N) is 6. The average molecular weight is 491 g/mol. The summed E-state index contributed by atoms with van der Waals surface area (Å²) >= 11 is 0. The SMILES string of the molecule is CCc1ccc2c(c1)nc(C)n2C(n1c(C)nc2cc(CC)ccc21)n1c(C)nc2cc(CC)ccc21. The molecule has 0 spiro atoms. The summed E-state index contributed by atoms with van der Waals surface area (Å²) in [5.74, 6) is 2.89. The third kappa shape index (κ3) is 3.66. The average Bonchev–Trinajstić information content (AvgIpc) is 3.52. The summed E-state index contributed by atoms with van der Waals surface area (Å²) < 4.78 is 7.04. The minimum atomic E-state index is -0.243. The van der Waals surface area contributed by atoms with Crippen LogP contribution in [0.1, 0.15) is 61.2 Å². The van der Waals surface area contributed by atoms with E-state index in [1.165, 1.54) is 16.7 Å². The van der Waals surface area contributed by atoms with Crippen LogP contribution in [0.3, 0.4) is 0 Å². The zero-order chi connectivity index (χ0) is 25.8. The molecule has 3 heterocycles. The second-order valence-electron chi connectivity index (χ2n) is 9.96. The first-order valence-corrected chi connectivity index (χ1v) is 13.4. The number of aryl methyl sites for hydroxylation is 6. The van der Waals surface area contributed by atoms with Gasteiger partial charge in [0.2, 0.25) is 0 Å². The molecule has 0 amide bonds. The first kappa shape index (κ1) is 23.5. The molecule has 0 radical (unpaired) electrons. The van der Waals surface area contributed by atoms with Crippen LogP contribution in [-0.4, -0.2) is 28.7 Å². The Labute approximate surface area is 217 Å². The van der Waals surface area contributed by atoms with Crippen molar-refractivity contribution < 1.29 is 0 Å². The summed E-state index contributed by atoms with van der Waals surface area (Å²) in [6.45, 7) is 12.9. The Bertz CT molecular complexity index is 1570. The van der Waals surface area contributed by atoms with E-state index in [0.29, 0.717) is 0 Å². The highest BCUT2D eigenvalue weighted by Crippen LogP contribution is 2.33. The van der Waals surface area contributed by atoms with Crippen molar-refractivity contribution in [3.8, 4) is 0 Å². The molecule has 0 bridgehead atoms. The predicted octanol–water partition coefficient (Wildman–Crippen LogP) is 6.90. The van der Waals surface area contributed by atoms with Crippen molar-refractivity contribution in [1.82, 2.24) is 28.7 Å². The molecule has 0 aliphatic heterocycles. The van der Waals surface area contributed by atoms with Crippen LogP contribution >= 0.6 is 0 Å². The Morgan fingerprint density at radius 1 is 0.514 bits per heavy atom. The van der Waals surface area contributed by atoms with Gasteiger partial charge in [-0.1, -0.05) is 39.0 Å². The highest BCUT2D eigenvalue weighted by molar-refractivity contribution is 5.81. The lowest BCUT2D eigenvalue weighted by Gasteiger charge is -2.27. The van der Waals surface area contributed by atoms with E-state index in [1.54, 1.807) is 0 Å². The Kier molecular flexibility index (Phi) is 5.63. The first-order valence-electron chi connectivity index (χ1n) is 13.4. The molecule has 0 saturated carbocycles. The van der Waals surface area contributed by atoms with Crippen molar-refractivity contribution in [3.05, 3.63) is 88.8 Å². The molecule has 0 N–H and O–H groups in total. The van der Waals surface area contributed by atoms with Crippen LogP contribution in [0.15, 0.2) is 54.6 Å². The lowest BCUT2D eigenvalue weighted by Crippen LogP contribution is -2.28. The summed E-state index contributed by atoms with van der Waals surface area (Å²) in [5, 5.41) is 0. The number of hydrogen-bond donors (Lipinski definition) is 0. The molecule has 0 unspecified atom stereocenters. The molecule has 6 heteroatoms. The highest BCUT2D eigenvalue weighted by Gasteiger charge is 2.27. The van der Waals surface area contributed by atoms with Crippen LogP contribution in [0.5, 0.6) is 0 Å². The van der Waals surface area contributed by atoms with E-state index >= 15 is 0 Å². The first-order chi connectivity index (χ1) is 17.9. The van der Waals surface area contributed by atoms with Crippen LogP contribution in [-0.2, 0) is 19.3 Å². The minimum Gasteiger partial charge on any atom is -0.288 e. The lowest BCUT2D eigenvalue weighted by atomic mass is 10.1. The molecule has 6 nitrogen and oxygen atoms in total. The summed E-state index contributed by atoms with van der Waals surface area (Å²) in [6.07, 6.45) is 2.72. The molecule has 0 fully saturated rings. The quantitative estimate of drug-likeness (QED) is 0.255. The monoisotopic (exact) mass is 490 g/mol. The van der Waals surface area contributed by atoms with Gasteiger partial charge in [0.25, 0.3) is 0 Å². The molecule has 6 rings (SSSR count). The predicted molar refractivity (Wildman–Crippen MR) is 151 cm³/mol. The maximum Gasteiger partial charge on any atom is 0.197 e. The Morgan fingerprint density at radius 3 is 1.08 bits per heavy atom. The van der Waals surface area contributed by atoms with Crippen molar-refractivity contribution >= 4 is 33.1 Å². The third-order valence-electron chi connectivity index (χ3n) is 7.71. The second-order valence-corrected chi connectivity index (χ2v) is 9.96.